The lowest BCUT2D eigenvalue weighted by molar-refractivity contribution is 0.0697. The number of carboxylic acids is 1. The molecule has 0 spiro atoms. The Morgan fingerprint density at radius 1 is 1.29 bits per heavy atom. The van der Waals surface area contributed by atoms with Crippen molar-refractivity contribution in [3.63, 3.8) is 0 Å². The first-order valence-electron chi connectivity index (χ1n) is 6.03. The summed E-state index contributed by atoms with van der Waals surface area (Å²) >= 11 is 6.10. The fourth-order valence-corrected chi connectivity index (χ4v) is 2.28. The number of ether oxygens (including phenoxy) is 1. The van der Waals surface area contributed by atoms with Crippen molar-refractivity contribution in [3.8, 4) is 11.4 Å². The van der Waals surface area contributed by atoms with E-state index in [0.29, 0.717) is 27.5 Å². The molecule has 1 aromatic heterocycles. The average Bonchev–Trinajstić information content (AvgIpc) is 2.90. The van der Waals surface area contributed by atoms with Crippen molar-refractivity contribution in [1.82, 2.24) is 15.0 Å². The standard InChI is InChI=1S/C14H10ClN3O3/c1-21-13-5-3-9(7-10(13)15)18-12-6-8(14(19)20)2-4-11(12)16-17-18/h2-7H,1H3,(H,19,20). The second-order valence-electron chi connectivity index (χ2n) is 4.33. The van der Waals surface area contributed by atoms with Crippen molar-refractivity contribution >= 4 is 28.6 Å². The van der Waals surface area contributed by atoms with Gasteiger partial charge in [0.2, 0.25) is 0 Å². The first-order valence-corrected chi connectivity index (χ1v) is 6.40. The molecule has 0 aliphatic carbocycles. The molecule has 106 valence electrons. The lowest BCUT2D eigenvalue weighted by atomic mass is 10.2. The summed E-state index contributed by atoms with van der Waals surface area (Å²) in [5, 5.41) is 17.6. The van der Waals surface area contributed by atoms with Crippen LogP contribution in [0, 0.1) is 0 Å². The normalized spacial score (nSPS) is 10.8. The van der Waals surface area contributed by atoms with Crippen molar-refractivity contribution in [2.24, 2.45) is 0 Å². The van der Waals surface area contributed by atoms with Gasteiger partial charge in [0.25, 0.3) is 0 Å². The van der Waals surface area contributed by atoms with Crippen molar-refractivity contribution in [1.29, 1.82) is 0 Å². The SMILES string of the molecule is COc1ccc(-n2nnc3ccc(C(=O)O)cc32)cc1Cl. The maximum Gasteiger partial charge on any atom is 0.335 e. The fourth-order valence-electron chi connectivity index (χ4n) is 2.03. The zero-order valence-corrected chi connectivity index (χ0v) is 11.7. The molecular weight excluding hydrogens is 294 g/mol. The first kappa shape index (κ1) is 13.4. The summed E-state index contributed by atoms with van der Waals surface area (Å²) < 4.78 is 6.64. The number of methoxy groups -OCH3 is 1. The Bertz CT molecular complexity index is 845. The van der Waals surface area contributed by atoms with Crippen LogP contribution >= 0.6 is 11.6 Å². The van der Waals surface area contributed by atoms with E-state index < -0.39 is 5.97 Å². The fraction of sp³-hybridized carbons (Fsp3) is 0.0714. The number of carboxylic acid groups (broad SMARTS) is 1. The molecule has 0 saturated carbocycles. The Morgan fingerprint density at radius 2 is 2.10 bits per heavy atom. The second kappa shape index (κ2) is 5.06. The van der Waals surface area contributed by atoms with Gasteiger partial charge in [-0.1, -0.05) is 16.8 Å². The molecule has 0 unspecified atom stereocenters. The van der Waals surface area contributed by atoms with E-state index in [1.54, 1.807) is 24.3 Å². The van der Waals surface area contributed by atoms with E-state index in [4.69, 9.17) is 21.4 Å². The van der Waals surface area contributed by atoms with Crippen LogP contribution in [0.25, 0.3) is 16.7 Å². The first-order chi connectivity index (χ1) is 10.1. The highest BCUT2D eigenvalue weighted by atomic mass is 35.5. The van der Waals surface area contributed by atoms with Gasteiger partial charge >= 0.3 is 5.97 Å². The van der Waals surface area contributed by atoms with Gasteiger partial charge < -0.3 is 9.84 Å². The van der Waals surface area contributed by atoms with Crippen molar-refractivity contribution in [2.75, 3.05) is 7.11 Å². The maximum absolute atomic E-state index is 11.1. The lowest BCUT2D eigenvalue weighted by Crippen LogP contribution is -1.99. The van der Waals surface area contributed by atoms with Crippen LogP contribution in [-0.2, 0) is 0 Å². The molecule has 1 heterocycles. The van der Waals surface area contributed by atoms with Crippen molar-refractivity contribution < 1.29 is 14.6 Å². The summed E-state index contributed by atoms with van der Waals surface area (Å²) in [5.74, 6) is -0.450. The molecule has 3 rings (SSSR count). The summed E-state index contributed by atoms with van der Waals surface area (Å²) in [7, 11) is 1.53. The Morgan fingerprint density at radius 3 is 2.76 bits per heavy atom. The summed E-state index contributed by atoms with van der Waals surface area (Å²) in [4.78, 5) is 11.1. The van der Waals surface area contributed by atoms with Gasteiger partial charge in [0.15, 0.2) is 0 Å². The molecule has 0 aliphatic heterocycles. The molecule has 0 aliphatic rings. The van der Waals surface area contributed by atoms with E-state index in [1.165, 1.54) is 23.9 Å². The number of fused-ring (bicyclic) bond motifs is 1. The van der Waals surface area contributed by atoms with Gasteiger partial charge in [-0.15, -0.1) is 5.10 Å². The number of halogens is 1. The van der Waals surface area contributed by atoms with Crippen LogP contribution in [0.15, 0.2) is 36.4 Å². The van der Waals surface area contributed by atoms with E-state index in [9.17, 15) is 4.79 Å². The molecular formula is C14H10ClN3O3. The smallest absolute Gasteiger partial charge is 0.335 e. The molecule has 1 N–H and O–H groups in total. The predicted octanol–water partition coefficient (Wildman–Crippen LogP) is 2.78. The molecule has 0 fully saturated rings. The summed E-state index contributed by atoms with van der Waals surface area (Å²) in [6.45, 7) is 0. The van der Waals surface area contributed by atoms with Gasteiger partial charge in [-0.25, -0.2) is 9.48 Å². The summed E-state index contributed by atoms with van der Waals surface area (Å²) in [6.07, 6.45) is 0. The Labute approximate surface area is 124 Å². The number of hydrogen-bond acceptors (Lipinski definition) is 4. The van der Waals surface area contributed by atoms with Gasteiger partial charge in [-0.3, -0.25) is 0 Å². The van der Waals surface area contributed by atoms with Crippen LogP contribution < -0.4 is 4.74 Å². The van der Waals surface area contributed by atoms with E-state index in [2.05, 4.69) is 10.3 Å². The lowest BCUT2D eigenvalue weighted by Gasteiger charge is -2.06. The molecule has 3 aromatic rings. The molecule has 0 radical (unpaired) electrons. The monoisotopic (exact) mass is 303 g/mol. The van der Waals surface area contributed by atoms with E-state index in [1.807, 2.05) is 0 Å². The predicted molar refractivity (Wildman–Crippen MR) is 77.4 cm³/mol. The molecule has 21 heavy (non-hydrogen) atoms. The molecule has 6 nitrogen and oxygen atoms in total. The Hall–Kier alpha value is -2.60. The molecule has 7 heteroatoms. The summed E-state index contributed by atoms with van der Waals surface area (Å²) in [6, 6.07) is 9.80. The van der Waals surface area contributed by atoms with E-state index in [0.717, 1.165) is 0 Å². The van der Waals surface area contributed by atoms with Crippen LogP contribution in [-0.4, -0.2) is 33.2 Å². The molecule has 0 atom stereocenters. The number of aromatic carboxylic acids is 1. The number of benzene rings is 2. The zero-order valence-electron chi connectivity index (χ0n) is 10.9. The van der Waals surface area contributed by atoms with Gasteiger partial charge in [-0.05, 0) is 36.4 Å². The number of rotatable bonds is 3. The number of carbonyl (C=O) groups is 1. The Kier molecular flexibility index (Phi) is 3.23. The number of aromatic nitrogens is 3. The van der Waals surface area contributed by atoms with Crippen LogP contribution in [0.2, 0.25) is 5.02 Å². The Balaban J connectivity index is 2.18. The minimum Gasteiger partial charge on any atom is -0.495 e. The second-order valence-corrected chi connectivity index (χ2v) is 4.74. The van der Waals surface area contributed by atoms with Gasteiger partial charge in [0.1, 0.15) is 11.3 Å². The topological polar surface area (TPSA) is 77.2 Å². The van der Waals surface area contributed by atoms with Crippen LogP contribution in [0.3, 0.4) is 0 Å². The van der Waals surface area contributed by atoms with Gasteiger partial charge in [0, 0.05) is 0 Å². The number of nitrogens with zero attached hydrogens (tertiary/aromatic N) is 3. The van der Waals surface area contributed by atoms with Crippen LogP contribution in [0.4, 0.5) is 0 Å². The van der Waals surface area contributed by atoms with E-state index >= 15 is 0 Å². The zero-order chi connectivity index (χ0) is 15.0. The largest absolute Gasteiger partial charge is 0.495 e. The third kappa shape index (κ3) is 2.30. The van der Waals surface area contributed by atoms with E-state index in [-0.39, 0.29) is 5.56 Å². The number of hydrogen-bond donors (Lipinski definition) is 1. The molecule has 0 bridgehead atoms. The maximum atomic E-state index is 11.1. The van der Waals surface area contributed by atoms with Gasteiger partial charge in [-0.2, -0.15) is 0 Å². The molecule has 0 amide bonds. The van der Waals surface area contributed by atoms with Crippen LogP contribution in [0.1, 0.15) is 10.4 Å². The summed E-state index contributed by atoms with van der Waals surface area (Å²) in [5.41, 5.74) is 2.04. The average molecular weight is 304 g/mol. The molecule has 2 aromatic carbocycles. The molecule has 0 saturated heterocycles. The van der Waals surface area contributed by atoms with Gasteiger partial charge in [0.05, 0.1) is 28.9 Å². The van der Waals surface area contributed by atoms with Crippen molar-refractivity contribution in [3.05, 3.63) is 47.0 Å². The highest BCUT2D eigenvalue weighted by molar-refractivity contribution is 6.32. The van der Waals surface area contributed by atoms with Crippen molar-refractivity contribution in [2.45, 2.75) is 0 Å². The third-order valence-electron chi connectivity index (χ3n) is 3.07. The minimum absolute atomic E-state index is 0.172. The highest BCUT2D eigenvalue weighted by Gasteiger charge is 2.11. The minimum atomic E-state index is -1.00. The quantitative estimate of drug-likeness (QED) is 0.805. The third-order valence-corrected chi connectivity index (χ3v) is 3.37. The van der Waals surface area contributed by atoms with Crippen LogP contribution in [0.5, 0.6) is 5.75 Å². The highest BCUT2D eigenvalue weighted by Crippen LogP contribution is 2.27.